The molecule has 0 bridgehead atoms. The number of nitrogens with two attached hydrogens (primary N) is 1. The number of rotatable bonds is 5. The molecule has 0 aliphatic heterocycles. The molecule has 2 aromatic rings. The molecule has 0 atom stereocenters. The zero-order valence-electron chi connectivity index (χ0n) is 10.7. The van der Waals surface area contributed by atoms with Gasteiger partial charge >= 0.3 is 0 Å². The molecule has 2 nitrogen and oxygen atoms in total. The van der Waals surface area contributed by atoms with Crippen LogP contribution in [0.3, 0.4) is 0 Å². The van der Waals surface area contributed by atoms with Crippen LogP contribution >= 0.6 is 11.8 Å². The van der Waals surface area contributed by atoms with Gasteiger partial charge in [-0.2, -0.15) is 0 Å². The molecule has 0 aromatic heterocycles. The Hall–Kier alpha value is -1.52. The minimum absolute atomic E-state index is 0.270. The number of hydrogen-bond donors (Lipinski definition) is 1. The summed E-state index contributed by atoms with van der Waals surface area (Å²) >= 11 is 1.63. The minimum atomic E-state index is -0.270. The fraction of sp³-hybridized carbons (Fsp3) is 0.200. The highest BCUT2D eigenvalue weighted by Crippen LogP contribution is 2.27. The fourth-order valence-electron chi connectivity index (χ4n) is 1.82. The maximum Gasteiger partial charge on any atom is 0.133 e. The van der Waals surface area contributed by atoms with E-state index in [2.05, 4.69) is 0 Å². The van der Waals surface area contributed by atoms with Gasteiger partial charge in [0.2, 0.25) is 0 Å². The summed E-state index contributed by atoms with van der Waals surface area (Å²) in [4.78, 5) is 1.08. The Kier molecular flexibility index (Phi) is 4.82. The quantitative estimate of drug-likeness (QED) is 0.848. The first kappa shape index (κ1) is 13.9. The summed E-state index contributed by atoms with van der Waals surface area (Å²) in [5.74, 6) is 0.566. The molecule has 0 aliphatic rings. The van der Waals surface area contributed by atoms with Gasteiger partial charge in [0.1, 0.15) is 18.2 Å². The summed E-state index contributed by atoms with van der Waals surface area (Å²) in [6.07, 6.45) is 2.01. The van der Waals surface area contributed by atoms with Gasteiger partial charge in [0, 0.05) is 11.4 Å². The Labute approximate surface area is 116 Å². The summed E-state index contributed by atoms with van der Waals surface area (Å²) < 4.78 is 18.9. The number of thioether (sulfide) groups is 1. The van der Waals surface area contributed by atoms with Gasteiger partial charge in [-0.15, -0.1) is 11.8 Å². The molecule has 0 heterocycles. The van der Waals surface area contributed by atoms with Crippen LogP contribution in [0.1, 0.15) is 11.1 Å². The van der Waals surface area contributed by atoms with E-state index in [1.165, 1.54) is 12.1 Å². The van der Waals surface area contributed by atoms with E-state index in [-0.39, 0.29) is 5.82 Å². The maximum absolute atomic E-state index is 13.1. The molecule has 2 aromatic carbocycles. The molecule has 0 amide bonds. The highest BCUT2D eigenvalue weighted by molar-refractivity contribution is 7.98. The molecular formula is C15H16FNOS. The predicted molar refractivity (Wildman–Crippen MR) is 76.8 cm³/mol. The number of benzene rings is 2. The first-order valence-corrected chi connectivity index (χ1v) is 7.20. The van der Waals surface area contributed by atoms with Crippen LogP contribution in [0.15, 0.2) is 47.4 Å². The molecule has 0 saturated heterocycles. The molecule has 4 heteroatoms. The van der Waals surface area contributed by atoms with E-state index in [4.69, 9.17) is 10.5 Å². The minimum Gasteiger partial charge on any atom is -0.488 e. The van der Waals surface area contributed by atoms with Gasteiger partial charge < -0.3 is 10.5 Å². The van der Waals surface area contributed by atoms with Crippen molar-refractivity contribution < 1.29 is 9.13 Å². The first-order chi connectivity index (χ1) is 9.24. The van der Waals surface area contributed by atoms with Crippen molar-refractivity contribution in [2.75, 3.05) is 6.26 Å². The molecule has 19 heavy (non-hydrogen) atoms. The van der Waals surface area contributed by atoms with Gasteiger partial charge in [-0.1, -0.05) is 18.2 Å². The Morgan fingerprint density at radius 1 is 1.16 bits per heavy atom. The van der Waals surface area contributed by atoms with Crippen molar-refractivity contribution >= 4 is 11.8 Å². The number of halogens is 1. The lowest BCUT2D eigenvalue weighted by molar-refractivity contribution is 0.297. The van der Waals surface area contributed by atoms with E-state index >= 15 is 0 Å². The second-order valence-electron chi connectivity index (χ2n) is 4.06. The van der Waals surface area contributed by atoms with Crippen molar-refractivity contribution in [2.24, 2.45) is 5.73 Å². The van der Waals surface area contributed by atoms with E-state index in [0.717, 1.165) is 21.8 Å². The number of hydrogen-bond acceptors (Lipinski definition) is 3. The van der Waals surface area contributed by atoms with Gasteiger partial charge in [-0.3, -0.25) is 0 Å². The molecule has 0 radical (unpaired) electrons. The fourth-order valence-corrected chi connectivity index (χ4v) is 2.36. The lowest BCUT2D eigenvalue weighted by Crippen LogP contribution is -2.05. The Bertz CT molecular complexity index is 560. The van der Waals surface area contributed by atoms with E-state index in [1.54, 1.807) is 17.8 Å². The van der Waals surface area contributed by atoms with Crippen LogP contribution in [-0.4, -0.2) is 6.26 Å². The number of ether oxygens (including phenoxy) is 1. The van der Waals surface area contributed by atoms with Crippen LogP contribution in [0.25, 0.3) is 0 Å². The van der Waals surface area contributed by atoms with Crippen molar-refractivity contribution in [1.82, 2.24) is 0 Å². The van der Waals surface area contributed by atoms with Crippen molar-refractivity contribution in [1.29, 1.82) is 0 Å². The molecule has 0 unspecified atom stereocenters. The molecule has 0 saturated carbocycles. The Morgan fingerprint density at radius 3 is 2.68 bits per heavy atom. The highest BCUT2D eigenvalue weighted by Gasteiger charge is 2.06. The second kappa shape index (κ2) is 6.59. The summed E-state index contributed by atoms with van der Waals surface area (Å²) in [5.41, 5.74) is 7.31. The summed E-state index contributed by atoms with van der Waals surface area (Å²) in [7, 11) is 0. The molecular weight excluding hydrogens is 261 g/mol. The van der Waals surface area contributed by atoms with Crippen LogP contribution in [0.4, 0.5) is 4.39 Å². The molecule has 2 rings (SSSR count). The van der Waals surface area contributed by atoms with Gasteiger partial charge in [-0.05, 0) is 41.6 Å². The Balaban J connectivity index is 2.14. The summed E-state index contributed by atoms with van der Waals surface area (Å²) in [6, 6.07) is 12.5. The van der Waals surface area contributed by atoms with Crippen molar-refractivity contribution in [3.05, 3.63) is 59.4 Å². The largest absolute Gasteiger partial charge is 0.488 e. The van der Waals surface area contributed by atoms with E-state index in [9.17, 15) is 4.39 Å². The molecule has 0 aliphatic carbocycles. The van der Waals surface area contributed by atoms with Crippen molar-refractivity contribution in [3.63, 3.8) is 0 Å². The molecule has 0 fully saturated rings. The zero-order chi connectivity index (χ0) is 13.7. The predicted octanol–water partition coefficient (Wildman–Crippen LogP) is 3.59. The van der Waals surface area contributed by atoms with Crippen LogP contribution < -0.4 is 10.5 Å². The van der Waals surface area contributed by atoms with Crippen LogP contribution in [0, 0.1) is 5.82 Å². The highest BCUT2D eigenvalue weighted by atomic mass is 32.2. The average Bonchev–Trinajstić information content (AvgIpc) is 2.46. The monoisotopic (exact) mass is 277 g/mol. The van der Waals surface area contributed by atoms with Gasteiger partial charge in [0.15, 0.2) is 0 Å². The zero-order valence-corrected chi connectivity index (χ0v) is 11.5. The van der Waals surface area contributed by atoms with Gasteiger partial charge in [0.05, 0.1) is 0 Å². The van der Waals surface area contributed by atoms with Gasteiger partial charge in [-0.25, -0.2) is 4.39 Å². The third-order valence-electron chi connectivity index (χ3n) is 2.84. The Morgan fingerprint density at radius 2 is 1.95 bits per heavy atom. The maximum atomic E-state index is 13.1. The number of para-hydroxylation sites is 1. The van der Waals surface area contributed by atoms with Gasteiger partial charge in [0.25, 0.3) is 0 Å². The second-order valence-corrected chi connectivity index (χ2v) is 4.90. The lowest BCUT2D eigenvalue weighted by Gasteiger charge is -2.12. The summed E-state index contributed by atoms with van der Waals surface area (Å²) in [5, 5.41) is 0. The van der Waals surface area contributed by atoms with Crippen molar-refractivity contribution in [2.45, 2.75) is 18.0 Å². The van der Waals surface area contributed by atoms with Crippen LogP contribution in [0.2, 0.25) is 0 Å². The average molecular weight is 277 g/mol. The first-order valence-electron chi connectivity index (χ1n) is 5.97. The van der Waals surface area contributed by atoms with E-state index in [0.29, 0.717) is 13.2 Å². The SMILES string of the molecule is CSc1ccccc1OCc1ccc(F)cc1CN. The van der Waals surface area contributed by atoms with E-state index in [1.807, 2.05) is 30.5 Å². The molecule has 100 valence electrons. The lowest BCUT2D eigenvalue weighted by atomic mass is 10.1. The van der Waals surface area contributed by atoms with Crippen molar-refractivity contribution in [3.8, 4) is 5.75 Å². The van der Waals surface area contributed by atoms with Crippen LogP contribution in [0.5, 0.6) is 5.75 Å². The van der Waals surface area contributed by atoms with E-state index < -0.39 is 0 Å². The topological polar surface area (TPSA) is 35.2 Å². The molecule has 2 N–H and O–H groups in total. The smallest absolute Gasteiger partial charge is 0.133 e. The third kappa shape index (κ3) is 3.49. The third-order valence-corrected chi connectivity index (χ3v) is 3.62. The summed E-state index contributed by atoms with van der Waals surface area (Å²) in [6.45, 7) is 0.699. The molecule has 0 spiro atoms. The normalized spacial score (nSPS) is 10.5. The van der Waals surface area contributed by atoms with Crippen LogP contribution in [-0.2, 0) is 13.2 Å². The standard InChI is InChI=1S/C15H16FNOS/c1-19-15-5-3-2-4-14(15)18-10-11-6-7-13(16)8-12(11)9-17/h2-8H,9-10,17H2,1H3.